The highest BCUT2D eigenvalue weighted by Crippen LogP contribution is 2.37. The third-order valence-electron chi connectivity index (χ3n) is 4.58. The first-order valence-corrected chi connectivity index (χ1v) is 11.0. The molecule has 0 aromatic heterocycles. The zero-order valence-corrected chi connectivity index (χ0v) is 19.9. The minimum absolute atomic E-state index is 0.0115. The number of hydrazone groups is 1. The number of benzene rings is 3. The second-order valence-corrected chi connectivity index (χ2v) is 7.84. The van der Waals surface area contributed by atoms with E-state index in [9.17, 15) is 19.3 Å². The summed E-state index contributed by atoms with van der Waals surface area (Å²) in [5.41, 5.74) is 3.38. The van der Waals surface area contributed by atoms with Gasteiger partial charge >= 0.3 is 0 Å². The molecule has 0 aliphatic carbocycles. The van der Waals surface area contributed by atoms with Crippen LogP contribution in [0.2, 0.25) is 0 Å². The Morgan fingerprint density at radius 1 is 1.23 bits per heavy atom. The zero-order valence-electron chi connectivity index (χ0n) is 18.3. The minimum Gasteiger partial charge on any atom is -0.490 e. The van der Waals surface area contributed by atoms with Gasteiger partial charge in [-0.05, 0) is 76.4 Å². The van der Waals surface area contributed by atoms with Crippen molar-refractivity contribution in [1.29, 1.82) is 5.26 Å². The maximum absolute atomic E-state index is 14.0. The van der Waals surface area contributed by atoms with Crippen LogP contribution in [-0.2, 0) is 6.61 Å². The molecule has 35 heavy (non-hydrogen) atoms. The largest absolute Gasteiger partial charge is 0.490 e. The number of rotatable bonds is 9. The van der Waals surface area contributed by atoms with Gasteiger partial charge in [0.25, 0.3) is 11.6 Å². The first-order chi connectivity index (χ1) is 16.8. The van der Waals surface area contributed by atoms with E-state index in [4.69, 9.17) is 14.7 Å². The van der Waals surface area contributed by atoms with E-state index in [0.717, 1.165) is 11.6 Å². The number of hydrogen-bond donors (Lipinski definition) is 1. The van der Waals surface area contributed by atoms with Crippen molar-refractivity contribution in [2.75, 3.05) is 6.61 Å². The van der Waals surface area contributed by atoms with E-state index in [1.807, 2.05) is 0 Å². The summed E-state index contributed by atoms with van der Waals surface area (Å²) in [6.07, 6.45) is 1.35. The molecule has 0 aliphatic rings. The molecule has 3 aromatic rings. The van der Waals surface area contributed by atoms with E-state index >= 15 is 0 Å². The summed E-state index contributed by atoms with van der Waals surface area (Å²) in [5.74, 6) is -0.760. The van der Waals surface area contributed by atoms with E-state index in [1.165, 1.54) is 30.5 Å². The van der Waals surface area contributed by atoms with Gasteiger partial charge in [0.15, 0.2) is 11.5 Å². The van der Waals surface area contributed by atoms with Crippen LogP contribution < -0.4 is 14.9 Å². The van der Waals surface area contributed by atoms with Crippen LogP contribution >= 0.6 is 15.9 Å². The Kier molecular flexibility index (Phi) is 8.48. The smallest absolute Gasteiger partial charge is 0.274 e. The Morgan fingerprint density at radius 2 is 1.97 bits per heavy atom. The molecule has 0 radical (unpaired) electrons. The summed E-state index contributed by atoms with van der Waals surface area (Å²) in [6.45, 7) is 2.31. The molecule has 0 heterocycles. The topological polar surface area (TPSA) is 127 Å². The summed E-state index contributed by atoms with van der Waals surface area (Å²) in [7, 11) is 0. The van der Waals surface area contributed by atoms with Crippen molar-refractivity contribution in [3.05, 3.63) is 97.3 Å². The summed E-state index contributed by atoms with van der Waals surface area (Å²) in [6, 6.07) is 14.7. The normalized spacial score (nSPS) is 10.6. The molecule has 178 valence electrons. The molecule has 3 rings (SSSR count). The summed E-state index contributed by atoms with van der Waals surface area (Å²) in [4.78, 5) is 22.5. The van der Waals surface area contributed by atoms with Gasteiger partial charge < -0.3 is 9.47 Å². The minimum atomic E-state index is -0.826. The van der Waals surface area contributed by atoms with Gasteiger partial charge in [-0.1, -0.05) is 0 Å². The lowest BCUT2D eigenvalue weighted by Crippen LogP contribution is -2.19. The van der Waals surface area contributed by atoms with Crippen molar-refractivity contribution in [2.24, 2.45) is 5.10 Å². The van der Waals surface area contributed by atoms with E-state index < -0.39 is 16.6 Å². The number of nitro benzene ring substituents is 1. The van der Waals surface area contributed by atoms with Gasteiger partial charge in [-0.3, -0.25) is 14.9 Å². The number of carbonyl (C=O) groups is 1. The van der Waals surface area contributed by atoms with Crippen molar-refractivity contribution < 1.29 is 23.6 Å². The standard InChI is InChI=1S/C24H18BrFN4O5/c1-2-34-22-11-17(13-28-29-24(31)19-8-5-16(12-27)10-21(19)26)9-20(25)23(22)35-14-15-3-6-18(7-4-15)30(32)33/h3-11,13H,2,14H2,1H3,(H,29,31)/b28-13-. The van der Waals surface area contributed by atoms with Gasteiger partial charge in [-0.2, -0.15) is 10.4 Å². The Balaban J connectivity index is 1.72. The van der Waals surface area contributed by atoms with Gasteiger partial charge in [-0.15, -0.1) is 0 Å². The number of non-ortho nitro benzene ring substituents is 1. The van der Waals surface area contributed by atoms with Gasteiger partial charge in [0, 0.05) is 12.1 Å². The number of nitro groups is 1. The number of halogens is 2. The molecule has 9 nitrogen and oxygen atoms in total. The molecular formula is C24H18BrFN4O5. The van der Waals surface area contributed by atoms with Gasteiger partial charge in [0.1, 0.15) is 12.4 Å². The number of amides is 1. The SMILES string of the molecule is CCOc1cc(/C=N\NC(=O)c2ccc(C#N)cc2F)cc(Br)c1OCc1ccc([N+](=O)[O-])cc1. The Labute approximate surface area is 208 Å². The number of nitriles is 1. The number of nitrogens with zero attached hydrogens (tertiary/aromatic N) is 3. The predicted octanol–water partition coefficient (Wildman–Crippen LogP) is 5.11. The third kappa shape index (κ3) is 6.61. The number of carbonyl (C=O) groups excluding carboxylic acids is 1. The van der Waals surface area contributed by atoms with Crippen molar-refractivity contribution in [3.63, 3.8) is 0 Å². The Hall–Kier alpha value is -4.30. The fraction of sp³-hybridized carbons (Fsp3) is 0.125. The van der Waals surface area contributed by atoms with E-state index in [2.05, 4.69) is 26.5 Å². The van der Waals surface area contributed by atoms with E-state index in [-0.39, 0.29) is 23.4 Å². The molecule has 0 unspecified atom stereocenters. The lowest BCUT2D eigenvalue weighted by atomic mass is 10.1. The van der Waals surface area contributed by atoms with Crippen molar-refractivity contribution in [3.8, 4) is 17.6 Å². The van der Waals surface area contributed by atoms with Gasteiger partial charge in [0.05, 0.1) is 39.4 Å². The van der Waals surface area contributed by atoms with Gasteiger partial charge in [-0.25, -0.2) is 9.82 Å². The highest BCUT2D eigenvalue weighted by atomic mass is 79.9. The van der Waals surface area contributed by atoms with Crippen molar-refractivity contribution in [2.45, 2.75) is 13.5 Å². The molecule has 3 aromatic carbocycles. The lowest BCUT2D eigenvalue weighted by Gasteiger charge is -2.14. The highest BCUT2D eigenvalue weighted by Gasteiger charge is 2.14. The first kappa shape index (κ1) is 25.3. The van der Waals surface area contributed by atoms with Crippen LogP contribution in [0.15, 0.2) is 64.2 Å². The molecular weight excluding hydrogens is 523 g/mol. The quantitative estimate of drug-likeness (QED) is 0.228. The number of nitrogens with one attached hydrogen (secondary N) is 1. The van der Waals surface area contributed by atoms with E-state index in [0.29, 0.717) is 28.1 Å². The fourth-order valence-electron chi connectivity index (χ4n) is 2.93. The molecule has 0 fully saturated rings. The van der Waals surface area contributed by atoms with E-state index in [1.54, 1.807) is 37.3 Å². The highest BCUT2D eigenvalue weighted by molar-refractivity contribution is 9.10. The summed E-state index contributed by atoms with van der Waals surface area (Å²) < 4.78 is 26.1. The van der Waals surface area contributed by atoms with Crippen LogP contribution in [-0.4, -0.2) is 23.7 Å². The first-order valence-electron chi connectivity index (χ1n) is 10.2. The molecule has 0 aliphatic heterocycles. The Morgan fingerprint density at radius 3 is 2.60 bits per heavy atom. The molecule has 0 spiro atoms. The predicted molar refractivity (Wildman–Crippen MR) is 129 cm³/mol. The molecule has 0 atom stereocenters. The van der Waals surface area contributed by atoms with Crippen LogP contribution in [0, 0.1) is 27.3 Å². The summed E-state index contributed by atoms with van der Waals surface area (Å²) >= 11 is 3.43. The molecule has 1 N–H and O–H groups in total. The molecule has 1 amide bonds. The maximum atomic E-state index is 14.0. The second kappa shape index (κ2) is 11.7. The number of hydrogen-bond acceptors (Lipinski definition) is 7. The van der Waals surface area contributed by atoms with Crippen LogP contribution in [0.1, 0.15) is 34.0 Å². The van der Waals surface area contributed by atoms with Crippen molar-refractivity contribution >= 4 is 33.7 Å². The molecule has 0 saturated carbocycles. The van der Waals surface area contributed by atoms with Crippen LogP contribution in [0.3, 0.4) is 0 Å². The van der Waals surface area contributed by atoms with Crippen LogP contribution in [0.4, 0.5) is 10.1 Å². The fourth-order valence-corrected chi connectivity index (χ4v) is 3.50. The van der Waals surface area contributed by atoms with Crippen molar-refractivity contribution in [1.82, 2.24) is 5.43 Å². The zero-order chi connectivity index (χ0) is 25.4. The average Bonchev–Trinajstić information content (AvgIpc) is 2.83. The molecule has 11 heteroatoms. The monoisotopic (exact) mass is 540 g/mol. The maximum Gasteiger partial charge on any atom is 0.274 e. The summed E-state index contributed by atoms with van der Waals surface area (Å²) in [5, 5.41) is 23.5. The second-order valence-electron chi connectivity index (χ2n) is 6.98. The number of ether oxygens (including phenoxy) is 2. The lowest BCUT2D eigenvalue weighted by molar-refractivity contribution is -0.384. The third-order valence-corrected chi connectivity index (χ3v) is 5.17. The molecule has 0 bridgehead atoms. The van der Waals surface area contributed by atoms with Crippen LogP contribution in [0.5, 0.6) is 11.5 Å². The Bertz CT molecular complexity index is 1320. The van der Waals surface area contributed by atoms with Gasteiger partial charge in [0.2, 0.25) is 0 Å². The molecule has 0 saturated heterocycles. The van der Waals surface area contributed by atoms with Crippen LogP contribution in [0.25, 0.3) is 0 Å². The average molecular weight is 541 g/mol.